The van der Waals surface area contributed by atoms with Crippen LogP contribution in [0.1, 0.15) is 19.4 Å². The van der Waals surface area contributed by atoms with Crippen molar-refractivity contribution in [3.63, 3.8) is 0 Å². The maximum Gasteiger partial charge on any atom is 0.347 e. The lowest BCUT2D eigenvalue weighted by Gasteiger charge is -2.04. The molecular formula is C15H17NO5. The highest BCUT2D eigenvalue weighted by Gasteiger charge is 2.14. The number of fused-ring (bicyclic) bond motifs is 1. The fourth-order valence-electron chi connectivity index (χ4n) is 1.64. The Labute approximate surface area is 122 Å². The molecule has 6 nitrogen and oxygen atoms in total. The molecule has 1 heterocycles. The Morgan fingerprint density at radius 1 is 1.38 bits per heavy atom. The van der Waals surface area contributed by atoms with Crippen molar-refractivity contribution in [2.24, 2.45) is 5.16 Å². The molecule has 0 saturated heterocycles. The van der Waals surface area contributed by atoms with Crippen LogP contribution in [0.15, 0.2) is 35.5 Å². The lowest BCUT2D eigenvalue weighted by molar-refractivity contribution is -0.147. The van der Waals surface area contributed by atoms with Gasteiger partial charge in [0.05, 0.1) is 5.71 Å². The van der Waals surface area contributed by atoms with Crippen LogP contribution in [0.25, 0.3) is 0 Å². The summed E-state index contributed by atoms with van der Waals surface area (Å²) in [6.07, 6.45) is 3.54. The fourth-order valence-corrected chi connectivity index (χ4v) is 1.64. The Bertz CT molecular complexity index is 565. The van der Waals surface area contributed by atoms with Gasteiger partial charge in [0, 0.05) is 5.56 Å². The minimum atomic E-state index is -0.463. The Kier molecular flexibility index (Phi) is 5.20. The normalized spacial score (nSPS) is 13.5. The minimum absolute atomic E-state index is 0.223. The molecule has 0 radical (unpaired) electrons. The summed E-state index contributed by atoms with van der Waals surface area (Å²) in [5, 5.41) is 3.89. The summed E-state index contributed by atoms with van der Waals surface area (Å²) in [6.45, 7) is 3.87. The van der Waals surface area contributed by atoms with Gasteiger partial charge in [-0.1, -0.05) is 17.3 Å². The van der Waals surface area contributed by atoms with Crippen molar-refractivity contribution in [1.29, 1.82) is 0 Å². The number of nitrogens with zero attached hydrogens (tertiary/aromatic N) is 1. The lowest BCUT2D eigenvalue weighted by atomic mass is 10.1. The van der Waals surface area contributed by atoms with Gasteiger partial charge in [-0.15, -0.1) is 0 Å². The number of carbonyl (C=O) groups is 1. The number of ether oxygens (including phenoxy) is 3. The van der Waals surface area contributed by atoms with Gasteiger partial charge >= 0.3 is 5.97 Å². The molecule has 0 amide bonds. The largest absolute Gasteiger partial charge is 0.459 e. The molecule has 112 valence electrons. The molecule has 0 bridgehead atoms. The van der Waals surface area contributed by atoms with Gasteiger partial charge in [0.15, 0.2) is 11.5 Å². The van der Waals surface area contributed by atoms with Gasteiger partial charge in [-0.3, -0.25) is 0 Å². The molecule has 0 saturated carbocycles. The molecule has 0 spiro atoms. The molecule has 6 heteroatoms. The molecule has 0 unspecified atom stereocenters. The third-order valence-electron chi connectivity index (χ3n) is 2.75. The first kappa shape index (κ1) is 14.9. The molecular weight excluding hydrogens is 274 g/mol. The first-order valence-corrected chi connectivity index (χ1v) is 6.54. The summed E-state index contributed by atoms with van der Waals surface area (Å²) in [5.74, 6) is 0.920. The molecule has 1 aliphatic heterocycles. The van der Waals surface area contributed by atoms with E-state index in [1.807, 2.05) is 25.1 Å². The standard InChI is InChI=1S/C15H17NO5/c1-3-4-7-18-15(17)9-21-16-11(2)12-5-6-13-14(8-12)20-10-19-13/h3-6,8H,7,9-10H2,1-2H3/b4-3+,16-11-. The summed E-state index contributed by atoms with van der Waals surface area (Å²) >= 11 is 0. The fraction of sp³-hybridized carbons (Fsp3) is 0.333. The van der Waals surface area contributed by atoms with Crippen molar-refractivity contribution in [2.75, 3.05) is 20.0 Å². The van der Waals surface area contributed by atoms with Crippen molar-refractivity contribution in [2.45, 2.75) is 13.8 Å². The second kappa shape index (κ2) is 7.33. The summed E-state index contributed by atoms with van der Waals surface area (Å²) in [5.41, 5.74) is 1.47. The number of allylic oxidation sites excluding steroid dienone is 1. The van der Waals surface area contributed by atoms with Gasteiger partial charge < -0.3 is 19.0 Å². The highest BCUT2D eigenvalue weighted by atomic mass is 16.7. The van der Waals surface area contributed by atoms with Crippen LogP contribution in [0.5, 0.6) is 11.5 Å². The van der Waals surface area contributed by atoms with Gasteiger partial charge in [0.2, 0.25) is 13.4 Å². The number of hydrogen-bond donors (Lipinski definition) is 0. The zero-order valence-corrected chi connectivity index (χ0v) is 12.0. The average Bonchev–Trinajstić information content (AvgIpc) is 2.94. The van der Waals surface area contributed by atoms with Crippen molar-refractivity contribution in [3.05, 3.63) is 35.9 Å². The Hall–Kier alpha value is -2.50. The third-order valence-corrected chi connectivity index (χ3v) is 2.75. The van der Waals surface area contributed by atoms with Crippen LogP contribution in [-0.2, 0) is 14.4 Å². The SMILES string of the molecule is C/C=C/COC(=O)CO/N=C(/C)c1ccc2c(c1)OCO2. The molecule has 1 aromatic carbocycles. The van der Waals surface area contributed by atoms with Crippen LogP contribution < -0.4 is 9.47 Å². The Balaban J connectivity index is 1.85. The summed E-state index contributed by atoms with van der Waals surface area (Å²) in [4.78, 5) is 16.3. The summed E-state index contributed by atoms with van der Waals surface area (Å²) < 4.78 is 15.4. The molecule has 0 aliphatic carbocycles. The molecule has 0 fully saturated rings. The zero-order chi connectivity index (χ0) is 15.1. The number of oxime groups is 1. The van der Waals surface area contributed by atoms with Crippen molar-refractivity contribution < 1.29 is 23.8 Å². The lowest BCUT2D eigenvalue weighted by Crippen LogP contribution is -2.11. The van der Waals surface area contributed by atoms with E-state index in [1.165, 1.54) is 0 Å². The molecule has 0 N–H and O–H groups in total. The molecule has 1 aliphatic rings. The molecule has 0 aromatic heterocycles. The van der Waals surface area contributed by atoms with E-state index in [2.05, 4.69) is 5.16 Å². The van der Waals surface area contributed by atoms with Gasteiger partial charge in [-0.05, 0) is 32.0 Å². The van der Waals surface area contributed by atoms with E-state index >= 15 is 0 Å². The molecule has 0 atom stereocenters. The number of hydrogen-bond acceptors (Lipinski definition) is 6. The smallest absolute Gasteiger partial charge is 0.347 e. The predicted molar refractivity (Wildman–Crippen MR) is 76.5 cm³/mol. The summed E-state index contributed by atoms with van der Waals surface area (Å²) in [7, 11) is 0. The second-order valence-corrected chi connectivity index (χ2v) is 4.27. The van der Waals surface area contributed by atoms with Crippen molar-refractivity contribution >= 4 is 11.7 Å². The van der Waals surface area contributed by atoms with Crippen LogP contribution >= 0.6 is 0 Å². The maximum absolute atomic E-state index is 11.3. The quantitative estimate of drug-likeness (QED) is 0.348. The Morgan fingerprint density at radius 3 is 3.00 bits per heavy atom. The van der Waals surface area contributed by atoms with Crippen LogP contribution in [0.2, 0.25) is 0 Å². The highest BCUT2D eigenvalue weighted by Crippen LogP contribution is 2.32. The summed E-state index contributed by atoms with van der Waals surface area (Å²) in [6, 6.07) is 5.47. The molecule has 21 heavy (non-hydrogen) atoms. The van der Waals surface area contributed by atoms with Gasteiger partial charge in [-0.2, -0.15) is 0 Å². The van der Waals surface area contributed by atoms with E-state index in [0.29, 0.717) is 17.2 Å². The first-order valence-electron chi connectivity index (χ1n) is 6.54. The van der Waals surface area contributed by atoms with E-state index in [0.717, 1.165) is 5.56 Å². The topological polar surface area (TPSA) is 66.4 Å². The number of esters is 1. The highest BCUT2D eigenvalue weighted by molar-refractivity contribution is 5.98. The van der Waals surface area contributed by atoms with Crippen LogP contribution in [-0.4, -0.2) is 31.7 Å². The molecule has 2 rings (SSSR count). The maximum atomic E-state index is 11.3. The van der Waals surface area contributed by atoms with Gasteiger partial charge in [0.1, 0.15) is 6.61 Å². The number of carbonyl (C=O) groups excluding carboxylic acids is 1. The Morgan fingerprint density at radius 2 is 2.19 bits per heavy atom. The zero-order valence-electron chi connectivity index (χ0n) is 12.0. The van der Waals surface area contributed by atoms with E-state index in [4.69, 9.17) is 19.0 Å². The third kappa shape index (κ3) is 4.24. The number of benzene rings is 1. The van der Waals surface area contributed by atoms with E-state index in [1.54, 1.807) is 19.1 Å². The second-order valence-electron chi connectivity index (χ2n) is 4.27. The van der Waals surface area contributed by atoms with Crippen molar-refractivity contribution in [3.8, 4) is 11.5 Å². The first-order chi connectivity index (χ1) is 10.2. The van der Waals surface area contributed by atoms with Gasteiger partial charge in [-0.25, -0.2) is 4.79 Å². The van der Waals surface area contributed by atoms with E-state index in [-0.39, 0.29) is 20.0 Å². The predicted octanol–water partition coefficient (Wildman–Crippen LogP) is 2.28. The van der Waals surface area contributed by atoms with Crippen LogP contribution in [0.3, 0.4) is 0 Å². The van der Waals surface area contributed by atoms with Gasteiger partial charge in [0.25, 0.3) is 0 Å². The number of rotatable bonds is 6. The molecule has 1 aromatic rings. The van der Waals surface area contributed by atoms with Crippen LogP contribution in [0.4, 0.5) is 0 Å². The van der Waals surface area contributed by atoms with E-state index < -0.39 is 5.97 Å². The minimum Gasteiger partial charge on any atom is -0.459 e. The van der Waals surface area contributed by atoms with E-state index in [9.17, 15) is 4.79 Å². The average molecular weight is 291 g/mol. The van der Waals surface area contributed by atoms with Crippen LogP contribution in [0, 0.1) is 0 Å². The monoisotopic (exact) mass is 291 g/mol. The van der Waals surface area contributed by atoms with Crippen molar-refractivity contribution in [1.82, 2.24) is 0 Å².